The highest BCUT2D eigenvalue weighted by molar-refractivity contribution is 5.80. The standard InChI is InChI=1S/C37H48N2O6/c1-24(10-6-5-7-13-31(40)41)28-14-15-29-34(28,2)18-17-30-35(3)19-16-25(45-23-44-4)22-36(35)20-21-37(29,30)39-33(43)27-12-9-8-11-26(27)32(42)38(36)39/h6,8-12,20-21,24-25,28-30H,5,7,13-19,22-23H2,1-4H3,(H,40,41)/b10-6+/t24-,25?,28-,29-,30-,34-,35-,36?,37-/m1/s1. The van der Waals surface area contributed by atoms with Gasteiger partial charge in [-0.1, -0.05) is 57.2 Å². The van der Waals surface area contributed by atoms with Crippen molar-refractivity contribution in [1.82, 2.24) is 9.36 Å². The number of carboxylic acid groups (broad SMARTS) is 1. The zero-order valence-electron chi connectivity index (χ0n) is 27.2. The van der Waals surface area contributed by atoms with Crippen molar-refractivity contribution in [1.29, 1.82) is 0 Å². The first-order valence-electron chi connectivity index (χ1n) is 17.0. The highest BCUT2D eigenvalue weighted by Gasteiger charge is 2.74. The lowest BCUT2D eigenvalue weighted by atomic mass is 9.40. The fourth-order valence-electron chi connectivity index (χ4n) is 11.5. The molecule has 45 heavy (non-hydrogen) atoms. The number of rotatable bonds is 9. The third kappa shape index (κ3) is 4.06. The average Bonchev–Trinajstić information content (AvgIpc) is 3.39. The number of nitrogens with zero attached hydrogens (tertiary/aromatic N) is 2. The summed E-state index contributed by atoms with van der Waals surface area (Å²) in [4.78, 5) is 40.5. The Bertz CT molecular complexity index is 1690. The Labute approximate surface area is 265 Å². The van der Waals surface area contributed by atoms with Gasteiger partial charge in [-0.2, -0.15) is 0 Å². The second kappa shape index (κ2) is 10.8. The molecule has 9 atom stereocenters. The van der Waals surface area contributed by atoms with Gasteiger partial charge in [0.2, 0.25) is 0 Å². The number of aromatic nitrogens is 2. The summed E-state index contributed by atoms with van der Waals surface area (Å²) in [6.07, 6.45) is 17.4. The van der Waals surface area contributed by atoms with E-state index in [1.807, 2.05) is 33.6 Å². The maximum Gasteiger partial charge on any atom is 0.303 e. The van der Waals surface area contributed by atoms with Gasteiger partial charge in [0.05, 0.1) is 28.0 Å². The van der Waals surface area contributed by atoms with Crippen LogP contribution < -0.4 is 11.1 Å². The van der Waals surface area contributed by atoms with Gasteiger partial charge in [-0.25, -0.2) is 9.36 Å². The molecule has 8 nitrogen and oxygen atoms in total. The Hall–Kier alpha value is -2.97. The number of hydrogen-bond acceptors (Lipinski definition) is 5. The lowest BCUT2D eigenvalue weighted by molar-refractivity contribution is -0.211. The minimum atomic E-state index is -0.747. The fourth-order valence-corrected chi connectivity index (χ4v) is 11.5. The Kier molecular flexibility index (Phi) is 7.36. The summed E-state index contributed by atoms with van der Waals surface area (Å²) < 4.78 is 15.3. The van der Waals surface area contributed by atoms with Crippen LogP contribution in [0.15, 0.2) is 58.2 Å². The molecule has 2 aromatic rings. The van der Waals surface area contributed by atoms with Crippen molar-refractivity contribution in [2.75, 3.05) is 13.9 Å². The number of carbonyl (C=O) groups is 1. The van der Waals surface area contributed by atoms with Crippen LogP contribution >= 0.6 is 0 Å². The molecule has 1 N–H and O–H groups in total. The first kappa shape index (κ1) is 30.7. The monoisotopic (exact) mass is 616 g/mol. The number of unbranched alkanes of at least 4 members (excludes halogenated alkanes) is 1. The fraction of sp³-hybridized carbons (Fsp3) is 0.649. The Morgan fingerprint density at radius 1 is 1.02 bits per heavy atom. The summed E-state index contributed by atoms with van der Waals surface area (Å²) in [6, 6.07) is 7.36. The molecule has 242 valence electrons. The molecule has 3 heterocycles. The summed E-state index contributed by atoms with van der Waals surface area (Å²) in [7, 11) is 1.64. The molecular formula is C37H48N2O6. The summed E-state index contributed by atoms with van der Waals surface area (Å²) in [5.41, 5.74) is -1.59. The Balaban J connectivity index is 1.37. The first-order valence-corrected chi connectivity index (χ1v) is 17.0. The van der Waals surface area contributed by atoms with E-state index in [0.717, 1.165) is 44.9 Å². The minimum Gasteiger partial charge on any atom is -0.481 e. The molecule has 1 aromatic carbocycles. The van der Waals surface area contributed by atoms with E-state index in [9.17, 15) is 14.4 Å². The van der Waals surface area contributed by atoms with Crippen LogP contribution in [0, 0.1) is 34.5 Å². The molecule has 0 radical (unpaired) electrons. The van der Waals surface area contributed by atoms with Crippen LogP contribution in [-0.2, 0) is 25.3 Å². The normalized spacial score (nSPS) is 38.6. The first-order chi connectivity index (χ1) is 21.5. The largest absolute Gasteiger partial charge is 0.481 e. The molecule has 2 spiro atoms. The number of carboxylic acids is 1. The second-order valence-electron chi connectivity index (χ2n) is 15.2. The topological polar surface area (TPSA) is 99.8 Å². The van der Waals surface area contributed by atoms with Crippen molar-refractivity contribution in [3.8, 4) is 0 Å². The van der Waals surface area contributed by atoms with Gasteiger partial charge in [0.25, 0.3) is 11.1 Å². The molecule has 6 aliphatic rings. The van der Waals surface area contributed by atoms with Gasteiger partial charge in [-0.15, -0.1) is 0 Å². The Morgan fingerprint density at radius 3 is 2.47 bits per heavy atom. The molecule has 8 rings (SSSR count). The summed E-state index contributed by atoms with van der Waals surface area (Å²) in [5, 5.41) is 10.0. The molecule has 8 heteroatoms. The van der Waals surface area contributed by atoms with E-state index in [1.165, 1.54) is 0 Å². The van der Waals surface area contributed by atoms with Gasteiger partial charge in [-0.05, 0) is 92.6 Å². The van der Waals surface area contributed by atoms with E-state index in [1.54, 1.807) is 7.11 Å². The lowest BCUT2D eigenvalue weighted by Crippen LogP contribution is -2.78. The van der Waals surface area contributed by atoms with Crippen molar-refractivity contribution in [3.63, 3.8) is 0 Å². The van der Waals surface area contributed by atoms with Crippen LogP contribution in [0.1, 0.15) is 85.0 Å². The Morgan fingerprint density at radius 2 is 1.76 bits per heavy atom. The van der Waals surface area contributed by atoms with Crippen molar-refractivity contribution >= 4 is 16.7 Å². The van der Waals surface area contributed by atoms with Gasteiger partial charge >= 0.3 is 5.97 Å². The summed E-state index contributed by atoms with van der Waals surface area (Å²) in [5.74, 6) is 0.485. The van der Waals surface area contributed by atoms with E-state index in [4.69, 9.17) is 14.6 Å². The predicted octanol–water partition coefficient (Wildman–Crippen LogP) is 6.21. The van der Waals surface area contributed by atoms with Crippen LogP contribution in [0.5, 0.6) is 0 Å². The van der Waals surface area contributed by atoms with E-state index < -0.39 is 17.0 Å². The van der Waals surface area contributed by atoms with Crippen molar-refractivity contribution in [2.24, 2.45) is 34.5 Å². The van der Waals surface area contributed by atoms with Crippen molar-refractivity contribution in [3.05, 3.63) is 69.3 Å². The molecular weight excluding hydrogens is 568 g/mol. The second-order valence-corrected chi connectivity index (χ2v) is 15.2. The van der Waals surface area contributed by atoms with Crippen LogP contribution in [0.2, 0.25) is 0 Å². The molecule has 3 fully saturated rings. The average molecular weight is 617 g/mol. The van der Waals surface area contributed by atoms with E-state index >= 15 is 0 Å². The number of fused-ring (bicyclic) bond motifs is 2. The van der Waals surface area contributed by atoms with E-state index in [2.05, 4.69) is 45.1 Å². The quantitative estimate of drug-likeness (QED) is 0.204. The number of hydrogen-bond donors (Lipinski definition) is 1. The SMILES string of the molecule is COCOC1CC[C@]2(C)[C@H]3CC[C@]4(C)[C@@H]([C@H](C)/C=C/CCCC(=O)O)CC[C@H]4[C@]34C=CC2(C1)n1c(=O)c2ccccc2c(=O)n14. The molecule has 0 amide bonds. The predicted molar refractivity (Wildman–Crippen MR) is 173 cm³/mol. The number of ether oxygens (including phenoxy) is 2. The van der Waals surface area contributed by atoms with Crippen LogP contribution in [-0.4, -0.2) is 40.4 Å². The zero-order chi connectivity index (χ0) is 31.8. The maximum atomic E-state index is 14.8. The third-order valence-electron chi connectivity index (χ3n) is 13.4. The molecule has 2 aliphatic heterocycles. The summed E-state index contributed by atoms with van der Waals surface area (Å²) in [6.45, 7) is 7.36. The van der Waals surface area contributed by atoms with Crippen LogP contribution in [0.3, 0.4) is 0 Å². The number of benzene rings is 1. The zero-order valence-corrected chi connectivity index (χ0v) is 27.2. The molecule has 3 saturated carbocycles. The molecule has 2 bridgehead atoms. The van der Waals surface area contributed by atoms with E-state index in [0.29, 0.717) is 35.4 Å². The molecule has 4 aliphatic carbocycles. The number of allylic oxidation sites excluding steroid dienone is 4. The van der Waals surface area contributed by atoms with Crippen LogP contribution in [0.4, 0.5) is 0 Å². The lowest BCUT2D eigenvalue weighted by Gasteiger charge is -2.72. The third-order valence-corrected chi connectivity index (χ3v) is 13.4. The van der Waals surface area contributed by atoms with Gasteiger partial charge in [0.15, 0.2) is 0 Å². The molecule has 0 saturated heterocycles. The molecule has 1 aromatic heterocycles. The van der Waals surface area contributed by atoms with Crippen LogP contribution in [0.25, 0.3) is 10.8 Å². The highest BCUT2D eigenvalue weighted by atomic mass is 16.7. The highest BCUT2D eigenvalue weighted by Crippen LogP contribution is 2.74. The van der Waals surface area contributed by atoms with Crippen molar-refractivity contribution < 1.29 is 19.4 Å². The van der Waals surface area contributed by atoms with Gasteiger partial charge < -0.3 is 14.6 Å². The number of aliphatic carboxylic acids is 1. The van der Waals surface area contributed by atoms with Gasteiger partial charge in [0, 0.05) is 25.4 Å². The number of methoxy groups -OCH3 is 1. The maximum absolute atomic E-state index is 14.8. The van der Waals surface area contributed by atoms with E-state index in [-0.39, 0.29) is 53.1 Å². The molecule has 2 unspecified atom stereocenters. The summed E-state index contributed by atoms with van der Waals surface area (Å²) >= 11 is 0. The van der Waals surface area contributed by atoms with Gasteiger partial charge in [0.1, 0.15) is 6.79 Å². The van der Waals surface area contributed by atoms with Crippen molar-refractivity contribution in [2.45, 2.75) is 102 Å². The smallest absolute Gasteiger partial charge is 0.303 e. The van der Waals surface area contributed by atoms with Gasteiger partial charge in [-0.3, -0.25) is 14.4 Å². The minimum absolute atomic E-state index is 0.00982.